The van der Waals surface area contributed by atoms with Crippen molar-refractivity contribution in [1.29, 1.82) is 0 Å². The average Bonchev–Trinajstić information content (AvgIpc) is 2.30. The largest absolute Gasteiger partial charge is 0.294 e. The third-order valence-corrected chi connectivity index (χ3v) is 2.14. The lowest BCUT2D eigenvalue weighted by Gasteiger charge is -1.93. The molecule has 1 N–H and O–H groups in total. The summed E-state index contributed by atoms with van der Waals surface area (Å²) in [5, 5.41) is 7.54. The van der Waals surface area contributed by atoms with Gasteiger partial charge in [-0.05, 0) is 20.1 Å². The summed E-state index contributed by atoms with van der Waals surface area (Å²) in [5.41, 5.74) is 1.57. The molecule has 0 fully saturated rings. The minimum atomic E-state index is 0.0700. The van der Waals surface area contributed by atoms with Crippen molar-refractivity contribution in [3.05, 3.63) is 11.3 Å². The first kappa shape index (κ1) is 8.33. The molecule has 1 heterocycles. The fraction of sp³-hybridized carbons (Fsp3) is 0.429. The van der Waals surface area contributed by atoms with Gasteiger partial charge in [0.25, 0.3) is 0 Å². The van der Waals surface area contributed by atoms with Crippen LogP contribution in [0.4, 0.5) is 0 Å². The van der Waals surface area contributed by atoms with Crippen LogP contribution in [-0.2, 0) is 0 Å². The van der Waals surface area contributed by atoms with Gasteiger partial charge >= 0.3 is 0 Å². The van der Waals surface area contributed by atoms with Crippen molar-refractivity contribution in [1.82, 2.24) is 10.2 Å². The summed E-state index contributed by atoms with van der Waals surface area (Å²) < 4.78 is 0. The molecule has 0 aliphatic rings. The molecule has 0 saturated carbocycles. The molecule has 60 valence electrons. The van der Waals surface area contributed by atoms with Gasteiger partial charge in [-0.1, -0.05) is 0 Å². The highest BCUT2D eigenvalue weighted by Gasteiger charge is 2.12. The molecule has 0 aromatic carbocycles. The topological polar surface area (TPSA) is 45.8 Å². The molecule has 11 heavy (non-hydrogen) atoms. The second-order valence-electron chi connectivity index (χ2n) is 2.29. The van der Waals surface area contributed by atoms with Crippen molar-refractivity contribution in [2.45, 2.75) is 18.9 Å². The van der Waals surface area contributed by atoms with Gasteiger partial charge in [0, 0.05) is 5.69 Å². The van der Waals surface area contributed by atoms with Gasteiger partial charge in [0.2, 0.25) is 0 Å². The molecular weight excluding hydrogens is 160 g/mol. The molecule has 1 aromatic rings. The predicted molar refractivity (Wildman–Crippen MR) is 45.1 cm³/mol. The van der Waals surface area contributed by atoms with Crippen LogP contribution in [0.5, 0.6) is 0 Å². The molecule has 0 bridgehead atoms. The fourth-order valence-corrected chi connectivity index (χ4v) is 1.61. The predicted octanol–water partition coefficient (Wildman–Crippen LogP) is 1.64. The van der Waals surface area contributed by atoms with E-state index >= 15 is 0 Å². The maximum absolute atomic E-state index is 11.0. The van der Waals surface area contributed by atoms with Crippen molar-refractivity contribution in [2.24, 2.45) is 0 Å². The van der Waals surface area contributed by atoms with E-state index in [4.69, 9.17) is 0 Å². The molecule has 0 unspecified atom stereocenters. The summed E-state index contributed by atoms with van der Waals surface area (Å²) in [5.74, 6) is 0.0700. The average molecular weight is 170 g/mol. The smallest absolute Gasteiger partial charge is 0.164 e. The summed E-state index contributed by atoms with van der Waals surface area (Å²) in [4.78, 5) is 11.0. The number of Topliss-reactive ketones (excluding diaryl/α,β-unsaturated/α-hetero) is 1. The summed E-state index contributed by atoms with van der Waals surface area (Å²) in [6.45, 7) is 3.40. The zero-order chi connectivity index (χ0) is 8.43. The molecule has 1 aromatic heterocycles. The highest BCUT2D eigenvalue weighted by Crippen LogP contribution is 2.19. The first-order chi connectivity index (χ1) is 5.16. The van der Waals surface area contributed by atoms with E-state index < -0.39 is 0 Å². The lowest BCUT2D eigenvalue weighted by atomic mass is 10.2. The summed E-state index contributed by atoms with van der Waals surface area (Å²) in [6.07, 6.45) is 1.90. The number of aryl methyl sites for hydroxylation is 1. The number of nitrogens with zero attached hydrogens (tertiary/aromatic N) is 1. The van der Waals surface area contributed by atoms with E-state index in [0.717, 1.165) is 16.3 Å². The quantitative estimate of drug-likeness (QED) is 0.542. The van der Waals surface area contributed by atoms with Crippen molar-refractivity contribution in [3.63, 3.8) is 0 Å². The number of carbonyl (C=O) groups excluding carboxylic acids is 1. The minimum absolute atomic E-state index is 0.0700. The molecule has 0 spiro atoms. The van der Waals surface area contributed by atoms with Crippen LogP contribution >= 0.6 is 11.8 Å². The van der Waals surface area contributed by atoms with Crippen molar-refractivity contribution >= 4 is 17.5 Å². The van der Waals surface area contributed by atoms with Gasteiger partial charge in [-0.15, -0.1) is 11.8 Å². The number of hydrogen-bond donors (Lipinski definition) is 1. The molecule has 0 saturated heterocycles. The Bertz CT molecular complexity index is 280. The van der Waals surface area contributed by atoms with Gasteiger partial charge in [0.15, 0.2) is 5.78 Å². The Balaban J connectivity index is 3.17. The van der Waals surface area contributed by atoms with E-state index in [1.54, 1.807) is 6.92 Å². The second-order valence-corrected chi connectivity index (χ2v) is 3.08. The molecular formula is C7H10N2OS. The molecule has 0 aliphatic heterocycles. The van der Waals surface area contributed by atoms with Crippen LogP contribution in [0.2, 0.25) is 0 Å². The normalized spacial score (nSPS) is 10.1. The van der Waals surface area contributed by atoms with Crippen LogP contribution in [0.3, 0.4) is 0 Å². The molecule has 1 rings (SSSR count). The standard InChI is InChI=1S/C7H10N2OS/c1-4-6(5(2)10)7(11-3)9-8-4/h1-3H3,(H,8,9). The van der Waals surface area contributed by atoms with E-state index in [1.165, 1.54) is 11.8 Å². The van der Waals surface area contributed by atoms with Crippen molar-refractivity contribution < 1.29 is 4.79 Å². The second kappa shape index (κ2) is 3.09. The summed E-state index contributed by atoms with van der Waals surface area (Å²) in [7, 11) is 0. The maximum Gasteiger partial charge on any atom is 0.164 e. The van der Waals surface area contributed by atoms with Gasteiger partial charge in [-0.2, -0.15) is 5.10 Å². The first-order valence-corrected chi connectivity index (χ1v) is 4.49. The monoisotopic (exact) mass is 170 g/mol. The molecule has 0 atom stereocenters. The molecule has 0 radical (unpaired) electrons. The van der Waals surface area contributed by atoms with Crippen molar-refractivity contribution in [3.8, 4) is 0 Å². The number of rotatable bonds is 2. The number of ketones is 1. The van der Waals surface area contributed by atoms with Crippen molar-refractivity contribution in [2.75, 3.05) is 6.26 Å². The van der Waals surface area contributed by atoms with Crippen LogP contribution < -0.4 is 0 Å². The number of H-pyrrole nitrogens is 1. The van der Waals surface area contributed by atoms with Crippen LogP contribution in [0.1, 0.15) is 23.0 Å². The zero-order valence-electron chi connectivity index (χ0n) is 6.76. The SMILES string of the molecule is CSc1n[nH]c(C)c1C(C)=O. The maximum atomic E-state index is 11.0. The summed E-state index contributed by atoms with van der Waals surface area (Å²) >= 11 is 1.48. The molecule has 4 heteroatoms. The third kappa shape index (κ3) is 1.45. The van der Waals surface area contributed by atoms with Gasteiger partial charge in [0.1, 0.15) is 5.03 Å². The number of hydrogen-bond acceptors (Lipinski definition) is 3. The van der Waals surface area contributed by atoms with E-state index in [1.807, 2.05) is 13.2 Å². The Morgan fingerprint density at radius 1 is 1.64 bits per heavy atom. The van der Waals surface area contributed by atoms with Crippen LogP contribution in [-0.4, -0.2) is 22.2 Å². The highest BCUT2D eigenvalue weighted by atomic mass is 32.2. The Labute approximate surface area is 69.6 Å². The van der Waals surface area contributed by atoms with Gasteiger partial charge < -0.3 is 0 Å². The van der Waals surface area contributed by atoms with E-state index in [-0.39, 0.29) is 5.78 Å². The molecule has 3 nitrogen and oxygen atoms in total. The first-order valence-electron chi connectivity index (χ1n) is 3.26. The Morgan fingerprint density at radius 2 is 2.27 bits per heavy atom. The Morgan fingerprint density at radius 3 is 2.64 bits per heavy atom. The number of carbonyl (C=O) groups is 1. The third-order valence-electron chi connectivity index (χ3n) is 1.46. The van der Waals surface area contributed by atoms with E-state index in [0.29, 0.717) is 0 Å². The van der Waals surface area contributed by atoms with Gasteiger partial charge in [-0.3, -0.25) is 9.89 Å². The number of thioether (sulfide) groups is 1. The lowest BCUT2D eigenvalue weighted by Crippen LogP contribution is -1.94. The highest BCUT2D eigenvalue weighted by molar-refractivity contribution is 7.98. The Kier molecular flexibility index (Phi) is 2.34. The van der Waals surface area contributed by atoms with Gasteiger partial charge in [-0.25, -0.2) is 0 Å². The van der Waals surface area contributed by atoms with Crippen LogP contribution in [0.15, 0.2) is 5.03 Å². The molecule has 0 aliphatic carbocycles. The van der Waals surface area contributed by atoms with Crippen LogP contribution in [0, 0.1) is 6.92 Å². The Hall–Kier alpha value is -0.770. The number of nitrogens with one attached hydrogen (secondary N) is 1. The number of aromatic nitrogens is 2. The fourth-order valence-electron chi connectivity index (χ4n) is 0.969. The van der Waals surface area contributed by atoms with E-state index in [9.17, 15) is 4.79 Å². The number of aromatic amines is 1. The van der Waals surface area contributed by atoms with E-state index in [2.05, 4.69) is 10.2 Å². The van der Waals surface area contributed by atoms with Gasteiger partial charge in [0.05, 0.1) is 5.56 Å². The summed E-state index contributed by atoms with van der Waals surface area (Å²) in [6, 6.07) is 0. The van der Waals surface area contributed by atoms with Crippen LogP contribution in [0.25, 0.3) is 0 Å². The lowest BCUT2D eigenvalue weighted by molar-refractivity contribution is 0.101. The zero-order valence-corrected chi connectivity index (χ0v) is 7.58. The molecule has 0 amide bonds. The minimum Gasteiger partial charge on any atom is -0.294 e.